The molecule has 0 radical (unpaired) electrons. The largest absolute Gasteiger partial charge is 0.421 e. The summed E-state index contributed by atoms with van der Waals surface area (Å²) in [7, 11) is -3.81. The number of sulfonamides is 1. The number of rotatable bonds is 10. The Morgan fingerprint density at radius 1 is 1.00 bits per heavy atom. The number of aliphatic hydroxyl groups is 1. The van der Waals surface area contributed by atoms with Crippen molar-refractivity contribution >= 4 is 33.4 Å². The molecule has 1 aliphatic carbocycles. The number of anilines is 3. The molecule has 4 aliphatic rings. The van der Waals surface area contributed by atoms with Gasteiger partial charge in [-0.1, -0.05) is 24.3 Å². The van der Waals surface area contributed by atoms with Crippen LogP contribution in [0, 0.1) is 12.8 Å². The average Bonchev–Trinajstić information content (AvgIpc) is 3.61. The van der Waals surface area contributed by atoms with Crippen molar-refractivity contribution in [1.29, 1.82) is 0 Å². The van der Waals surface area contributed by atoms with Crippen LogP contribution in [-0.4, -0.2) is 85.2 Å². The Bertz CT molecular complexity index is 1950. The number of aryl methyl sites for hydroxylation is 1. The summed E-state index contributed by atoms with van der Waals surface area (Å²) >= 11 is 0. The third-order valence-electron chi connectivity index (χ3n) is 11.9. The molecule has 11 nitrogen and oxygen atoms in total. The lowest BCUT2D eigenvalue weighted by atomic mass is 9.86. The van der Waals surface area contributed by atoms with Crippen LogP contribution in [0.15, 0.2) is 53.6 Å². The molecule has 4 fully saturated rings. The molecule has 7 rings (SSSR count). The number of carbonyl (C=O) groups excluding carboxylic acids is 1. The van der Waals surface area contributed by atoms with Crippen LogP contribution in [-0.2, 0) is 21.0 Å². The number of halogens is 3. The summed E-state index contributed by atoms with van der Waals surface area (Å²) in [5.41, 5.74) is 1.32. The van der Waals surface area contributed by atoms with E-state index in [2.05, 4.69) is 54.5 Å². The van der Waals surface area contributed by atoms with Gasteiger partial charge in [-0.15, -0.1) is 0 Å². The molecule has 55 heavy (non-hydrogen) atoms. The second-order valence-electron chi connectivity index (χ2n) is 16.3. The summed E-state index contributed by atoms with van der Waals surface area (Å²) in [5, 5.41) is 16.5. The van der Waals surface area contributed by atoms with Gasteiger partial charge in [0.1, 0.15) is 11.4 Å². The molecule has 3 atom stereocenters. The Kier molecular flexibility index (Phi) is 11.5. The smallest absolute Gasteiger partial charge is 0.388 e. The Morgan fingerprint density at radius 2 is 1.75 bits per heavy atom. The maximum atomic E-state index is 13.9. The number of likely N-dealkylation sites (tertiary alicyclic amines) is 1. The monoisotopic (exact) mass is 783 g/mol. The number of hydrogen-bond donors (Lipinski definition) is 4. The first-order valence-corrected chi connectivity index (χ1v) is 21.0. The number of piperidine rings is 2. The highest BCUT2D eigenvalue weighted by Gasteiger charge is 2.39. The highest BCUT2D eigenvalue weighted by atomic mass is 32.2. The van der Waals surface area contributed by atoms with Crippen LogP contribution < -0.4 is 20.3 Å². The van der Waals surface area contributed by atoms with Crippen LogP contribution in [0.25, 0.3) is 0 Å². The van der Waals surface area contributed by atoms with Gasteiger partial charge in [0.05, 0.1) is 16.4 Å². The molecule has 1 aromatic heterocycles. The number of carbonyl (C=O) groups is 1. The van der Waals surface area contributed by atoms with Crippen molar-refractivity contribution in [3.05, 3.63) is 70.9 Å². The van der Waals surface area contributed by atoms with E-state index in [0.717, 1.165) is 82.9 Å². The van der Waals surface area contributed by atoms with Gasteiger partial charge in [0, 0.05) is 50.6 Å². The summed E-state index contributed by atoms with van der Waals surface area (Å²) in [4.78, 5) is 24.5. The van der Waals surface area contributed by atoms with Crippen molar-refractivity contribution in [1.82, 2.24) is 24.9 Å². The maximum absolute atomic E-state index is 13.9. The molecule has 3 aromatic rings. The topological polar surface area (TPSA) is 140 Å². The minimum absolute atomic E-state index is 0.00596. The number of β-amino-alcohol motifs (C(OH)–C–C–N with tert-alkyl or cyclic N) is 1. The summed E-state index contributed by atoms with van der Waals surface area (Å²) in [6.07, 6.45) is 3.48. The SMILES string of the molecule is Cc1cc(S(=O)(=O)NC2CCC(CN3CCC(c4ccc(C5CCCNC5=O)cc4)C3)CC2)ccc1Nc1ncc(C(F)(F)F)c(N2CCC[C@](C)(O)C2)n1. The average molecular weight is 784 g/mol. The van der Waals surface area contributed by atoms with Crippen molar-refractivity contribution in [2.45, 2.75) is 106 Å². The van der Waals surface area contributed by atoms with Crippen molar-refractivity contribution in [3.8, 4) is 0 Å². The second kappa shape index (κ2) is 16.0. The number of amides is 1. The fourth-order valence-corrected chi connectivity index (χ4v) is 10.2. The molecule has 2 aromatic carbocycles. The lowest BCUT2D eigenvalue weighted by molar-refractivity contribution is -0.137. The Labute approximate surface area is 321 Å². The second-order valence-corrected chi connectivity index (χ2v) is 18.0. The number of benzene rings is 2. The van der Waals surface area contributed by atoms with Gasteiger partial charge in [-0.05, 0) is 125 Å². The quantitative estimate of drug-likeness (QED) is 0.189. The molecule has 2 unspecified atom stereocenters. The minimum atomic E-state index is -4.68. The lowest BCUT2D eigenvalue weighted by Crippen LogP contribution is -2.47. The van der Waals surface area contributed by atoms with Crippen LogP contribution in [0.4, 0.5) is 30.6 Å². The van der Waals surface area contributed by atoms with Crippen molar-refractivity contribution in [2.24, 2.45) is 5.92 Å². The molecule has 0 spiro atoms. The van der Waals surface area contributed by atoms with Crippen LogP contribution in [0.2, 0.25) is 0 Å². The van der Waals surface area contributed by atoms with E-state index < -0.39 is 27.4 Å². The van der Waals surface area contributed by atoms with Gasteiger partial charge >= 0.3 is 6.18 Å². The van der Waals surface area contributed by atoms with Gasteiger partial charge in [0.2, 0.25) is 21.9 Å². The Balaban J connectivity index is 0.908. The molecule has 4 N–H and O–H groups in total. The molecule has 15 heteroatoms. The molecule has 298 valence electrons. The van der Waals surface area contributed by atoms with Gasteiger partial charge in [-0.3, -0.25) is 4.79 Å². The fourth-order valence-electron chi connectivity index (χ4n) is 8.82. The fraction of sp³-hybridized carbons (Fsp3) is 0.575. The number of aromatic nitrogens is 2. The molecular weight excluding hydrogens is 732 g/mol. The zero-order valence-corrected chi connectivity index (χ0v) is 32.4. The predicted molar refractivity (Wildman–Crippen MR) is 205 cm³/mol. The Morgan fingerprint density at radius 3 is 2.44 bits per heavy atom. The lowest BCUT2D eigenvalue weighted by Gasteiger charge is -2.38. The molecule has 1 amide bonds. The van der Waals surface area contributed by atoms with E-state index in [9.17, 15) is 31.5 Å². The first kappa shape index (κ1) is 39.4. The molecule has 3 aliphatic heterocycles. The van der Waals surface area contributed by atoms with Gasteiger partial charge in [-0.25, -0.2) is 18.1 Å². The predicted octanol–water partition coefficient (Wildman–Crippen LogP) is 6.22. The maximum Gasteiger partial charge on any atom is 0.421 e. The van der Waals surface area contributed by atoms with E-state index in [1.165, 1.54) is 22.6 Å². The van der Waals surface area contributed by atoms with Crippen LogP contribution in [0.1, 0.15) is 98.8 Å². The number of alkyl halides is 3. The Hall–Kier alpha value is -3.79. The van der Waals surface area contributed by atoms with Crippen LogP contribution in [0.5, 0.6) is 0 Å². The molecular formula is C40H52F3N7O4S. The number of hydrogen-bond acceptors (Lipinski definition) is 9. The van der Waals surface area contributed by atoms with E-state index in [0.29, 0.717) is 42.5 Å². The molecule has 1 saturated carbocycles. The van der Waals surface area contributed by atoms with Gasteiger partial charge in [-0.2, -0.15) is 18.2 Å². The number of nitrogens with one attached hydrogen (secondary N) is 3. The zero-order chi connectivity index (χ0) is 39.0. The molecule has 0 bridgehead atoms. The summed E-state index contributed by atoms with van der Waals surface area (Å²) in [6, 6.07) is 13.1. The van der Waals surface area contributed by atoms with E-state index in [4.69, 9.17) is 0 Å². The highest BCUT2D eigenvalue weighted by molar-refractivity contribution is 7.89. The first-order valence-electron chi connectivity index (χ1n) is 19.5. The standard InChI is InChI=1S/C40H52F3N7O4S/c1-26-21-32(14-15-35(26)46-38-45-22-34(40(41,42)43)36(47-38)50-19-4-17-39(2,52)25-50)55(53,54)48-31-12-6-27(7-13-31)23-49-20-16-30(24-49)28-8-10-29(11-9-28)33-5-3-18-44-37(33)51/h8-11,14-15,21-22,27,30-31,33,48,52H,3-7,12-13,16-20,23-25H2,1-2H3,(H,44,51)(H,45,46,47)/t27?,30?,31?,33?,39-/m0/s1. The van der Waals surface area contributed by atoms with Crippen LogP contribution >= 0.6 is 0 Å². The first-order chi connectivity index (χ1) is 26.1. The normalized spacial score (nSPS) is 26.9. The van der Waals surface area contributed by atoms with E-state index >= 15 is 0 Å². The van der Waals surface area contributed by atoms with Gasteiger partial charge < -0.3 is 25.5 Å². The molecule has 3 saturated heterocycles. The van der Waals surface area contributed by atoms with Crippen molar-refractivity contribution in [3.63, 3.8) is 0 Å². The van der Waals surface area contributed by atoms with Crippen molar-refractivity contribution in [2.75, 3.05) is 49.5 Å². The van der Waals surface area contributed by atoms with E-state index in [1.807, 2.05) is 0 Å². The summed E-state index contributed by atoms with van der Waals surface area (Å²) in [6.45, 7) is 7.46. The third-order valence-corrected chi connectivity index (χ3v) is 13.4. The van der Waals surface area contributed by atoms with Crippen LogP contribution in [0.3, 0.4) is 0 Å². The van der Waals surface area contributed by atoms with E-state index in [-0.39, 0.29) is 41.1 Å². The summed E-state index contributed by atoms with van der Waals surface area (Å²) in [5.74, 6) is 0.694. The van der Waals surface area contributed by atoms with Gasteiger partial charge in [0.25, 0.3) is 0 Å². The third kappa shape index (κ3) is 9.44. The zero-order valence-electron chi connectivity index (χ0n) is 31.5. The van der Waals surface area contributed by atoms with E-state index in [1.54, 1.807) is 19.9 Å². The molecule has 4 heterocycles. The van der Waals surface area contributed by atoms with Gasteiger partial charge in [0.15, 0.2) is 0 Å². The minimum Gasteiger partial charge on any atom is -0.388 e. The highest BCUT2D eigenvalue weighted by Crippen LogP contribution is 2.38. The number of nitrogens with zero attached hydrogens (tertiary/aromatic N) is 4. The van der Waals surface area contributed by atoms with Crippen molar-refractivity contribution < 1.29 is 31.5 Å². The summed E-state index contributed by atoms with van der Waals surface area (Å²) < 4.78 is 71.6.